The van der Waals surface area contributed by atoms with Gasteiger partial charge >= 0.3 is 0 Å². The quantitative estimate of drug-likeness (QED) is 0.637. The van der Waals surface area contributed by atoms with Crippen LogP contribution in [0.3, 0.4) is 0 Å². The van der Waals surface area contributed by atoms with Crippen molar-refractivity contribution in [3.8, 4) is 5.75 Å². The largest absolute Gasteiger partial charge is 0.481 e. The van der Waals surface area contributed by atoms with Gasteiger partial charge in [-0.3, -0.25) is 14.9 Å². The predicted octanol–water partition coefficient (Wildman–Crippen LogP) is 1.75. The first-order valence-electron chi connectivity index (χ1n) is 6.12. The molecule has 1 fully saturated rings. The highest BCUT2D eigenvalue weighted by Crippen LogP contribution is 2.38. The summed E-state index contributed by atoms with van der Waals surface area (Å²) in [4.78, 5) is 21.8. The Morgan fingerprint density at radius 2 is 2.26 bits per heavy atom. The van der Waals surface area contributed by atoms with E-state index in [9.17, 15) is 14.9 Å². The van der Waals surface area contributed by atoms with Gasteiger partial charge in [0, 0.05) is 6.54 Å². The maximum atomic E-state index is 11.2. The lowest BCUT2D eigenvalue weighted by Gasteiger charge is -2.19. The number of nitrogens with zero attached hydrogens (tertiary/aromatic N) is 1. The van der Waals surface area contributed by atoms with Gasteiger partial charge in [0.25, 0.3) is 11.6 Å². The number of carbonyl (C=O) groups excluding carboxylic acids is 1. The van der Waals surface area contributed by atoms with Gasteiger partial charge in [-0.05, 0) is 24.8 Å². The number of carbonyl (C=O) groups is 1. The number of nitro groups is 1. The number of hydrogen-bond acceptors (Lipinski definition) is 5. The fourth-order valence-corrected chi connectivity index (χ4v) is 1.98. The van der Waals surface area contributed by atoms with Crippen LogP contribution in [0.15, 0.2) is 12.1 Å². The molecule has 0 aromatic heterocycles. The molecule has 1 saturated carbocycles. The van der Waals surface area contributed by atoms with Crippen LogP contribution in [0.2, 0.25) is 0 Å². The van der Waals surface area contributed by atoms with Crippen molar-refractivity contribution in [2.24, 2.45) is 5.92 Å². The third kappa shape index (κ3) is 2.44. The molecule has 1 amide bonds. The van der Waals surface area contributed by atoms with E-state index in [1.807, 2.05) is 0 Å². The van der Waals surface area contributed by atoms with Crippen LogP contribution in [0.5, 0.6) is 5.75 Å². The lowest BCUT2D eigenvalue weighted by molar-refractivity contribution is -0.384. The summed E-state index contributed by atoms with van der Waals surface area (Å²) in [6.07, 6.45) is 2.32. The average Bonchev–Trinajstić information content (AvgIpc) is 3.18. The van der Waals surface area contributed by atoms with E-state index < -0.39 is 4.92 Å². The molecule has 1 aliphatic carbocycles. The summed E-state index contributed by atoms with van der Waals surface area (Å²) < 4.78 is 5.18. The Morgan fingerprint density at radius 3 is 2.95 bits per heavy atom. The molecule has 19 heavy (non-hydrogen) atoms. The number of benzene rings is 1. The average molecular weight is 263 g/mol. The number of anilines is 2. The molecule has 0 bridgehead atoms. The van der Waals surface area contributed by atoms with E-state index in [-0.39, 0.29) is 18.2 Å². The minimum Gasteiger partial charge on any atom is -0.481 e. The number of hydrogen-bond donors (Lipinski definition) is 2. The molecular weight excluding hydrogens is 250 g/mol. The van der Waals surface area contributed by atoms with Gasteiger partial charge < -0.3 is 15.4 Å². The third-order valence-corrected chi connectivity index (χ3v) is 3.21. The minimum absolute atomic E-state index is 0.0319. The van der Waals surface area contributed by atoms with Crippen LogP contribution < -0.4 is 15.4 Å². The van der Waals surface area contributed by atoms with Crippen molar-refractivity contribution in [1.29, 1.82) is 0 Å². The second kappa shape index (κ2) is 4.42. The lowest BCUT2D eigenvalue weighted by Crippen LogP contribution is -2.25. The van der Waals surface area contributed by atoms with Crippen molar-refractivity contribution in [2.75, 3.05) is 23.8 Å². The molecule has 1 aliphatic heterocycles. The first-order valence-corrected chi connectivity index (χ1v) is 6.12. The second-order valence-electron chi connectivity index (χ2n) is 4.78. The van der Waals surface area contributed by atoms with Crippen molar-refractivity contribution in [3.63, 3.8) is 0 Å². The van der Waals surface area contributed by atoms with Gasteiger partial charge in [-0.1, -0.05) is 0 Å². The highest BCUT2D eigenvalue weighted by atomic mass is 16.6. The maximum absolute atomic E-state index is 11.2. The fourth-order valence-electron chi connectivity index (χ4n) is 1.98. The Kier molecular flexibility index (Phi) is 2.73. The monoisotopic (exact) mass is 263 g/mol. The molecule has 0 radical (unpaired) electrons. The normalized spacial score (nSPS) is 17.2. The molecule has 7 heteroatoms. The highest BCUT2D eigenvalue weighted by Gasteiger charge is 2.26. The molecular formula is C12H13N3O4. The number of fused-ring (bicyclic) bond motifs is 1. The van der Waals surface area contributed by atoms with Crippen LogP contribution in [0, 0.1) is 16.0 Å². The molecule has 0 unspecified atom stereocenters. The SMILES string of the molecule is O=C1COc2cc([N+](=O)[O-])c(NCC3CC3)cc2N1. The van der Waals surface area contributed by atoms with Crippen molar-refractivity contribution in [2.45, 2.75) is 12.8 Å². The Balaban J connectivity index is 1.92. The van der Waals surface area contributed by atoms with Gasteiger partial charge in [0.2, 0.25) is 0 Å². The summed E-state index contributed by atoms with van der Waals surface area (Å²) in [7, 11) is 0. The van der Waals surface area contributed by atoms with E-state index in [4.69, 9.17) is 4.74 Å². The first kappa shape index (κ1) is 11.8. The third-order valence-electron chi connectivity index (χ3n) is 3.21. The molecule has 7 nitrogen and oxygen atoms in total. The Bertz CT molecular complexity index is 554. The molecule has 1 aromatic carbocycles. The van der Waals surface area contributed by atoms with Crippen LogP contribution in [0.4, 0.5) is 17.1 Å². The summed E-state index contributed by atoms with van der Waals surface area (Å²) in [5.41, 5.74) is 0.858. The molecule has 0 saturated heterocycles. The summed E-state index contributed by atoms with van der Waals surface area (Å²) in [6, 6.07) is 2.91. The van der Waals surface area contributed by atoms with Crippen molar-refractivity contribution >= 4 is 23.0 Å². The van der Waals surface area contributed by atoms with Crippen LogP contribution in [-0.2, 0) is 4.79 Å². The summed E-state index contributed by atoms with van der Waals surface area (Å²) in [5.74, 6) is 0.680. The molecule has 2 aliphatic rings. The van der Waals surface area contributed by atoms with E-state index >= 15 is 0 Å². The number of nitrogens with one attached hydrogen (secondary N) is 2. The van der Waals surface area contributed by atoms with Crippen LogP contribution in [-0.4, -0.2) is 24.0 Å². The van der Waals surface area contributed by atoms with Crippen molar-refractivity contribution < 1.29 is 14.5 Å². The fraction of sp³-hybridized carbons (Fsp3) is 0.417. The van der Waals surface area contributed by atoms with E-state index in [1.54, 1.807) is 6.07 Å². The molecule has 0 spiro atoms. The van der Waals surface area contributed by atoms with Gasteiger partial charge in [0.1, 0.15) is 5.69 Å². The zero-order valence-corrected chi connectivity index (χ0v) is 10.1. The van der Waals surface area contributed by atoms with Crippen LogP contribution in [0.25, 0.3) is 0 Å². The van der Waals surface area contributed by atoms with Crippen LogP contribution >= 0.6 is 0 Å². The lowest BCUT2D eigenvalue weighted by atomic mass is 10.2. The molecule has 1 heterocycles. The van der Waals surface area contributed by atoms with Crippen molar-refractivity contribution in [3.05, 3.63) is 22.2 Å². The number of amides is 1. The smallest absolute Gasteiger partial charge is 0.296 e. The Hall–Kier alpha value is -2.31. The molecule has 2 N–H and O–H groups in total. The Morgan fingerprint density at radius 1 is 1.47 bits per heavy atom. The van der Waals surface area contributed by atoms with Gasteiger partial charge in [-0.2, -0.15) is 0 Å². The second-order valence-corrected chi connectivity index (χ2v) is 4.78. The zero-order valence-electron chi connectivity index (χ0n) is 10.1. The Labute approximate surface area is 109 Å². The topological polar surface area (TPSA) is 93.5 Å². The predicted molar refractivity (Wildman–Crippen MR) is 68.4 cm³/mol. The van der Waals surface area contributed by atoms with E-state index in [2.05, 4.69) is 10.6 Å². The van der Waals surface area contributed by atoms with E-state index in [0.29, 0.717) is 29.6 Å². The van der Waals surface area contributed by atoms with Crippen molar-refractivity contribution in [1.82, 2.24) is 0 Å². The van der Waals surface area contributed by atoms with E-state index in [1.165, 1.54) is 6.07 Å². The number of nitro benzene ring substituents is 1. The summed E-state index contributed by atoms with van der Waals surface area (Å²) in [5, 5.41) is 16.8. The van der Waals surface area contributed by atoms with E-state index in [0.717, 1.165) is 12.8 Å². The summed E-state index contributed by atoms with van der Waals surface area (Å²) >= 11 is 0. The van der Waals surface area contributed by atoms with Gasteiger partial charge in [0.15, 0.2) is 12.4 Å². The first-order chi connectivity index (χ1) is 9.13. The molecule has 1 aromatic rings. The molecule has 0 atom stereocenters. The molecule has 3 rings (SSSR count). The standard InChI is InChI=1S/C12H13N3O4/c16-12-6-19-11-4-10(15(17)18)8(3-9(11)14-12)13-5-7-1-2-7/h3-4,7,13H,1-2,5-6H2,(H,14,16). The van der Waals surface area contributed by atoms with Gasteiger partial charge in [-0.25, -0.2) is 0 Å². The van der Waals surface area contributed by atoms with Crippen LogP contribution in [0.1, 0.15) is 12.8 Å². The number of ether oxygens (including phenoxy) is 1. The zero-order chi connectivity index (χ0) is 13.4. The molecule has 100 valence electrons. The minimum atomic E-state index is -0.449. The van der Waals surface area contributed by atoms with Gasteiger partial charge in [-0.15, -0.1) is 0 Å². The van der Waals surface area contributed by atoms with Gasteiger partial charge in [0.05, 0.1) is 16.7 Å². The maximum Gasteiger partial charge on any atom is 0.296 e. The summed E-state index contributed by atoms with van der Waals surface area (Å²) in [6.45, 7) is 0.605. The number of rotatable bonds is 4. The highest BCUT2D eigenvalue weighted by molar-refractivity contribution is 5.96.